The molecule has 10 N–H and O–H groups in total. The van der Waals surface area contributed by atoms with Crippen LogP contribution in [0.15, 0.2) is 49.1 Å². The first-order valence-electron chi connectivity index (χ1n) is 22.3. The molecule has 24 nitrogen and oxygen atoms in total. The van der Waals surface area contributed by atoms with Crippen LogP contribution in [0.4, 0.5) is 5.69 Å². The summed E-state index contributed by atoms with van der Waals surface area (Å²) in [6.45, 7) is 1.71. The Kier molecular flexibility index (Phi) is 23.4. The van der Waals surface area contributed by atoms with Gasteiger partial charge in [-0.25, -0.2) is 14.2 Å². The van der Waals surface area contributed by atoms with Crippen LogP contribution in [0.25, 0.3) is 0 Å². The van der Waals surface area contributed by atoms with Crippen molar-refractivity contribution in [3.63, 3.8) is 0 Å². The summed E-state index contributed by atoms with van der Waals surface area (Å²) >= 11 is -2.25. The van der Waals surface area contributed by atoms with Crippen molar-refractivity contribution >= 4 is 64.6 Å². The number of aliphatic carboxylic acids is 6. The number of imidazole rings is 2. The van der Waals surface area contributed by atoms with Gasteiger partial charge in [-0.3, -0.25) is 52.5 Å². The van der Waals surface area contributed by atoms with E-state index in [-0.39, 0.29) is 51.4 Å². The largest absolute Gasteiger partial charge is 0.481 e. The zero-order valence-electron chi connectivity index (χ0n) is 38.1. The van der Waals surface area contributed by atoms with Crippen LogP contribution in [0.3, 0.4) is 0 Å². The quantitative estimate of drug-likeness (QED) is 0.0370. The maximum atomic E-state index is 13.3. The van der Waals surface area contributed by atoms with E-state index in [0.717, 1.165) is 5.56 Å². The van der Waals surface area contributed by atoms with Crippen LogP contribution in [0.2, 0.25) is 0 Å². The maximum absolute atomic E-state index is 13.3. The van der Waals surface area contributed by atoms with Gasteiger partial charge >= 0.3 is 35.8 Å². The van der Waals surface area contributed by atoms with Crippen molar-refractivity contribution in [1.29, 1.82) is 0 Å². The molecule has 25 heteroatoms. The molecule has 1 aromatic carbocycles. The van der Waals surface area contributed by atoms with E-state index in [4.69, 9.17) is 0 Å². The van der Waals surface area contributed by atoms with Crippen LogP contribution in [0, 0.1) is 0 Å². The van der Waals surface area contributed by atoms with Crippen molar-refractivity contribution in [2.24, 2.45) is 0 Å². The summed E-state index contributed by atoms with van der Waals surface area (Å²) in [6, 6.07) is 6.96. The van der Waals surface area contributed by atoms with Gasteiger partial charge in [0.05, 0.1) is 13.1 Å². The van der Waals surface area contributed by atoms with Crippen LogP contribution in [0.5, 0.6) is 0 Å². The minimum absolute atomic E-state index is 0.0472. The molecule has 0 aliphatic heterocycles. The van der Waals surface area contributed by atoms with E-state index in [1.807, 2.05) is 21.3 Å². The molecular weight excluding hydrogens is 929 g/mol. The first kappa shape index (κ1) is 56.6. The SMILES string of the molecule is O=C(O)CCC(CCC(=O)O)(CCC(=O)O)NC(=O)CCCn1ccnc1CN(CCc1ccc(NS(=O)O)cc1)Cc1nccn1CCCC(=O)NC(CCC(=O)O)(CCC(=O)O)CCC(=O)O. The smallest absolute Gasteiger partial charge is 0.303 e. The van der Waals surface area contributed by atoms with Gasteiger partial charge < -0.3 is 50.4 Å². The van der Waals surface area contributed by atoms with Crippen molar-refractivity contribution in [3.8, 4) is 0 Å². The Morgan fingerprint density at radius 3 is 1.22 bits per heavy atom. The highest BCUT2D eigenvalue weighted by Gasteiger charge is 2.35. The third-order valence-electron chi connectivity index (χ3n) is 11.5. The third-order valence-corrected chi connectivity index (χ3v) is 11.9. The summed E-state index contributed by atoms with van der Waals surface area (Å²) in [7, 11) is 0. The molecule has 0 saturated heterocycles. The van der Waals surface area contributed by atoms with Crippen molar-refractivity contribution in [1.82, 2.24) is 34.6 Å². The Balaban J connectivity index is 1.76. The molecule has 1 atom stereocenters. The summed E-state index contributed by atoms with van der Waals surface area (Å²) in [5.74, 6) is -6.81. The number of anilines is 1. The first-order valence-corrected chi connectivity index (χ1v) is 23.4. The highest BCUT2D eigenvalue weighted by atomic mass is 32.2. The molecule has 2 heterocycles. The number of hydrogen-bond acceptors (Lipinski definition) is 12. The number of nitrogens with one attached hydrogen (secondary N) is 3. The molecule has 2 amide bonds. The number of benzene rings is 1. The Labute approximate surface area is 399 Å². The number of carbonyl (C=O) groups excluding carboxylic acids is 2. The number of hydrogen-bond donors (Lipinski definition) is 10. The second-order valence-electron chi connectivity index (χ2n) is 16.8. The monoisotopic (exact) mass is 990 g/mol. The number of carbonyl (C=O) groups is 8. The van der Waals surface area contributed by atoms with Gasteiger partial charge in [0.25, 0.3) is 11.3 Å². The summed E-state index contributed by atoms with van der Waals surface area (Å²) in [5, 5.41) is 61.6. The van der Waals surface area contributed by atoms with E-state index in [1.165, 1.54) is 0 Å². The molecule has 380 valence electrons. The lowest BCUT2D eigenvalue weighted by atomic mass is 9.83. The van der Waals surface area contributed by atoms with E-state index >= 15 is 0 Å². The molecule has 1 unspecified atom stereocenters. The Morgan fingerprint density at radius 2 is 0.899 bits per heavy atom. The lowest BCUT2D eigenvalue weighted by Gasteiger charge is -2.34. The fourth-order valence-electron chi connectivity index (χ4n) is 7.87. The van der Waals surface area contributed by atoms with Gasteiger partial charge in [-0.2, -0.15) is 0 Å². The number of aromatic nitrogens is 4. The van der Waals surface area contributed by atoms with Gasteiger partial charge in [-0.05, 0) is 75.5 Å². The normalized spacial score (nSPS) is 12.0. The van der Waals surface area contributed by atoms with Crippen molar-refractivity contribution in [2.45, 2.75) is 146 Å². The zero-order valence-corrected chi connectivity index (χ0v) is 38.9. The molecule has 0 spiro atoms. The Bertz CT molecular complexity index is 2020. The number of carboxylic acid groups (broad SMARTS) is 6. The maximum Gasteiger partial charge on any atom is 0.303 e. The van der Waals surface area contributed by atoms with Crippen molar-refractivity contribution < 1.29 is 77.8 Å². The zero-order chi connectivity index (χ0) is 51.0. The average molecular weight is 991 g/mol. The molecule has 0 bridgehead atoms. The molecule has 0 radical (unpaired) electrons. The highest BCUT2D eigenvalue weighted by Crippen LogP contribution is 2.28. The fourth-order valence-corrected chi connectivity index (χ4v) is 8.21. The van der Waals surface area contributed by atoms with Crippen LogP contribution in [-0.4, -0.2) is 129 Å². The minimum Gasteiger partial charge on any atom is -0.481 e. The van der Waals surface area contributed by atoms with Gasteiger partial charge in [-0.1, -0.05) is 12.1 Å². The molecule has 69 heavy (non-hydrogen) atoms. The van der Waals surface area contributed by atoms with E-state index in [0.29, 0.717) is 69.3 Å². The standard InChI is InChI=1S/C44H62N8O16S/c53-35(47-43(16-9-37(55)56,17-10-38(57)58)18-11-39(59)60)3-1-24-51-27-22-45-33(51)29-50(26-15-31-5-7-32(8-6-31)49-69(67)68)30-34-46-23-28-52(34)25-2-4-36(54)48-44(19-12-40(61)62,20-13-41(63)64)21-14-42(65)66/h5-8,22-23,27-28,49H,1-4,9-21,24-26,29-30H2,(H,47,53)(H,48,54)(H,55,56)(H,57,58)(H,59,60)(H,61,62)(H,63,64)(H,65,66)(H,67,68). The Morgan fingerprint density at radius 1 is 0.551 bits per heavy atom. The number of amides is 2. The summed E-state index contributed by atoms with van der Waals surface area (Å²) < 4.78 is 26.6. The number of nitrogens with zero attached hydrogens (tertiary/aromatic N) is 5. The first-order chi connectivity index (χ1) is 32.7. The molecule has 0 saturated carbocycles. The summed E-state index contributed by atoms with van der Waals surface area (Å²) in [6.07, 6.45) is 4.32. The minimum atomic E-state index is -2.25. The number of aryl methyl sites for hydroxylation is 2. The predicted molar refractivity (Wildman–Crippen MR) is 245 cm³/mol. The number of rotatable bonds is 37. The average Bonchev–Trinajstić information content (AvgIpc) is 3.92. The predicted octanol–water partition coefficient (Wildman–Crippen LogP) is 3.33. The van der Waals surface area contributed by atoms with E-state index in [2.05, 4.69) is 30.2 Å². The summed E-state index contributed by atoms with van der Waals surface area (Å²) in [4.78, 5) is 106. The summed E-state index contributed by atoms with van der Waals surface area (Å²) in [5.41, 5.74) is -1.36. The van der Waals surface area contributed by atoms with Crippen LogP contribution in [0.1, 0.15) is 120 Å². The van der Waals surface area contributed by atoms with Crippen molar-refractivity contribution in [2.75, 3.05) is 11.3 Å². The third kappa shape index (κ3) is 22.3. The van der Waals surface area contributed by atoms with Gasteiger partial charge in [0.2, 0.25) is 11.8 Å². The molecule has 3 aromatic rings. The molecule has 2 aromatic heterocycles. The molecule has 0 aliphatic rings. The van der Waals surface area contributed by atoms with Gasteiger partial charge in [0, 0.05) is 113 Å². The highest BCUT2D eigenvalue weighted by molar-refractivity contribution is 7.80. The molecular formula is C44H62N8O16S. The lowest BCUT2D eigenvalue weighted by Crippen LogP contribution is -2.49. The van der Waals surface area contributed by atoms with E-state index in [1.54, 1.807) is 36.9 Å². The van der Waals surface area contributed by atoms with Crippen LogP contribution < -0.4 is 15.4 Å². The van der Waals surface area contributed by atoms with Gasteiger partial charge in [-0.15, -0.1) is 0 Å². The second kappa shape index (κ2) is 28.6. The Hall–Kier alpha value is -6.73. The fraction of sp³-hybridized carbons (Fsp3) is 0.545. The van der Waals surface area contributed by atoms with Crippen LogP contribution in [-0.2, 0) is 82.2 Å². The molecule has 0 fully saturated rings. The molecule has 3 rings (SSSR count). The van der Waals surface area contributed by atoms with Crippen molar-refractivity contribution in [3.05, 3.63) is 66.3 Å². The van der Waals surface area contributed by atoms with E-state index in [9.17, 15) is 77.8 Å². The van der Waals surface area contributed by atoms with Gasteiger partial charge in [0.15, 0.2) is 0 Å². The lowest BCUT2D eigenvalue weighted by molar-refractivity contribution is -0.141. The van der Waals surface area contributed by atoms with Gasteiger partial charge in [0.1, 0.15) is 11.6 Å². The topological polar surface area (TPSA) is 370 Å². The van der Waals surface area contributed by atoms with E-state index < -0.39 is 108 Å². The number of carboxylic acids is 6. The second-order valence-corrected chi connectivity index (χ2v) is 17.5. The molecule has 0 aliphatic carbocycles. The van der Waals surface area contributed by atoms with Crippen LogP contribution >= 0.6 is 0 Å².